The molecule has 8 bridgehead atoms. The number of methoxy groups -OCH3 is 1. The Hall–Kier alpha value is -5.31. The lowest BCUT2D eigenvalue weighted by molar-refractivity contribution is -0.159. The minimum absolute atomic E-state index is 0.0104. The second-order valence-electron chi connectivity index (χ2n) is 19.6. The summed E-state index contributed by atoms with van der Waals surface area (Å²) in [5, 5.41) is 16.8. The molecular weight excluding hydrogens is 813 g/mol. The standard InChI is InChI=1S/C50H64N6O8/c1-9-55-41-15-14-33-24-37(41)38(44(55)36-12-10-18-51-42(36)30(4)62-8)26-49(5,6)28-63-47(60)39-13-11-19-56(53-39)46(59)40(22-32-20-34(33)23-35(57)21-32)52-45(58)43(29(2)3)54(7)48(61)50-17-16-31(25-50)27-64-50/h10,12,14-15,18,20-21,23-24,29-31,39-40,43,53,57H,9,11,13,16-17,19,22,25-28H2,1-8H3,(H,52,58)/t30-,31?,39-,40-,43-,50?/m0/s1. The Kier molecular flexibility index (Phi) is 12.7. The van der Waals surface area contributed by atoms with Crippen molar-refractivity contribution in [1.82, 2.24) is 30.2 Å². The summed E-state index contributed by atoms with van der Waals surface area (Å²) in [7, 11) is 3.32. The number of pyridine rings is 1. The molecular formula is C50H64N6O8. The minimum Gasteiger partial charge on any atom is -0.508 e. The van der Waals surface area contributed by atoms with Gasteiger partial charge in [0.15, 0.2) is 0 Å². The Bertz CT molecular complexity index is 2440. The highest BCUT2D eigenvalue weighted by Gasteiger charge is 2.54. The smallest absolute Gasteiger partial charge is 0.324 e. The minimum atomic E-state index is -1.12. The fraction of sp³-hybridized carbons (Fsp3) is 0.540. The molecule has 3 amide bonds. The monoisotopic (exact) mass is 876 g/mol. The van der Waals surface area contributed by atoms with E-state index in [4.69, 9.17) is 19.2 Å². The van der Waals surface area contributed by atoms with Gasteiger partial charge in [0, 0.05) is 61.7 Å². The van der Waals surface area contributed by atoms with Gasteiger partial charge >= 0.3 is 5.97 Å². The van der Waals surface area contributed by atoms with Gasteiger partial charge in [-0.25, -0.2) is 5.43 Å². The number of aryl methyl sites for hydroxylation is 1. The molecule has 14 heteroatoms. The molecule has 1 saturated carbocycles. The summed E-state index contributed by atoms with van der Waals surface area (Å²) in [6.45, 7) is 13.7. The largest absolute Gasteiger partial charge is 0.508 e. The van der Waals surface area contributed by atoms with Gasteiger partial charge in [0.25, 0.3) is 11.8 Å². The zero-order valence-electron chi connectivity index (χ0n) is 38.5. The van der Waals surface area contributed by atoms with Crippen LogP contribution in [0.3, 0.4) is 0 Å². The molecule has 5 heterocycles. The Morgan fingerprint density at radius 1 is 1.09 bits per heavy atom. The predicted molar refractivity (Wildman–Crippen MR) is 243 cm³/mol. The number of phenols is 1. The third kappa shape index (κ3) is 8.64. The zero-order chi connectivity index (χ0) is 45.7. The van der Waals surface area contributed by atoms with Crippen molar-refractivity contribution in [2.24, 2.45) is 17.3 Å². The molecule has 64 heavy (non-hydrogen) atoms. The van der Waals surface area contributed by atoms with Crippen molar-refractivity contribution in [3.8, 4) is 28.1 Å². The summed E-state index contributed by atoms with van der Waals surface area (Å²) in [6.07, 6.45) is 5.26. The summed E-state index contributed by atoms with van der Waals surface area (Å²) < 4.78 is 20.3. The van der Waals surface area contributed by atoms with Gasteiger partial charge < -0.3 is 34.1 Å². The number of aromatic hydroxyl groups is 1. The summed E-state index contributed by atoms with van der Waals surface area (Å²) in [6, 6.07) is 12.8. The lowest BCUT2D eigenvalue weighted by atomic mass is 9.84. The number of carbonyl (C=O) groups excluding carboxylic acids is 4. The Morgan fingerprint density at radius 2 is 1.89 bits per heavy atom. The Labute approximate surface area is 376 Å². The summed E-state index contributed by atoms with van der Waals surface area (Å²) in [5.41, 5.74) is 8.78. The van der Waals surface area contributed by atoms with Crippen molar-refractivity contribution >= 4 is 34.6 Å². The number of hydrazine groups is 1. The van der Waals surface area contributed by atoms with Crippen LogP contribution in [0.4, 0.5) is 0 Å². The van der Waals surface area contributed by atoms with Crippen LogP contribution in [0.5, 0.6) is 5.75 Å². The van der Waals surface area contributed by atoms with Crippen molar-refractivity contribution in [3.05, 3.63) is 71.5 Å². The molecule has 2 unspecified atom stereocenters. The van der Waals surface area contributed by atoms with E-state index in [1.807, 2.05) is 39.0 Å². The van der Waals surface area contributed by atoms with E-state index in [9.17, 15) is 24.3 Å². The molecule has 342 valence electrons. The summed E-state index contributed by atoms with van der Waals surface area (Å²) in [4.78, 5) is 63.5. The molecule has 0 spiro atoms. The first-order valence-corrected chi connectivity index (χ1v) is 22.9. The van der Waals surface area contributed by atoms with Crippen molar-refractivity contribution in [1.29, 1.82) is 0 Å². The first-order valence-electron chi connectivity index (χ1n) is 22.9. The van der Waals surface area contributed by atoms with Crippen LogP contribution in [0, 0.1) is 17.3 Å². The molecule has 3 aliphatic heterocycles. The molecule has 3 N–H and O–H groups in total. The lowest BCUT2D eigenvalue weighted by Crippen LogP contribution is -2.62. The zero-order valence-corrected chi connectivity index (χ0v) is 38.5. The predicted octanol–water partition coefficient (Wildman–Crippen LogP) is 6.50. The van der Waals surface area contributed by atoms with Crippen LogP contribution in [-0.2, 0) is 52.8 Å². The molecule has 8 rings (SSSR count). The first-order chi connectivity index (χ1) is 30.5. The van der Waals surface area contributed by atoms with Crippen molar-refractivity contribution in [3.63, 3.8) is 0 Å². The number of fused-ring (bicyclic) bond motifs is 8. The second kappa shape index (κ2) is 17.9. The van der Waals surface area contributed by atoms with E-state index in [-0.39, 0.29) is 36.7 Å². The quantitative estimate of drug-likeness (QED) is 0.158. The average Bonchev–Trinajstić information content (AvgIpc) is 3.99. The summed E-state index contributed by atoms with van der Waals surface area (Å²) >= 11 is 0. The number of esters is 1. The third-order valence-corrected chi connectivity index (χ3v) is 13.9. The average molecular weight is 877 g/mol. The van der Waals surface area contributed by atoms with Gasteiger partial charge in [-0.2, -0.15) is 0 Å². The van der Waals surface area contributed by atoms with E-state index in [1.165, 1.54) is 9.91 Å². The van der Waals surface area contributed by atoms with Gasteiger partial charge in [-0.1, -0.05) is 39.8 Å². The van der Waals surface area contributed by atoms with Crippen molar-refractivity contribution < 1.29 is 38.5 Å². The molecule has 2 saturated heterocycles. The topological polar surface area (TPSA) is 165 Å². The summed E-state index contributed by atoms with van der Waals surface area (Å²) in [5.74, 6) is -1.54. The van der Waals surface area contributed by atoms with E-state index in [0.717, 1.165) is 51.0 Å². The highest BCUT2D eigenvalue weighted by atomic mass is 16.5. The normalized spacial score (nSPS) is 24.3. The lowest BCUT2D eigenvalue weighted by Gasteiger charge is -2.38. The molecule has 6 atom stereocenters. The molecule has 2 aromatic heterocycles. The van der Waals surface area contributed by atoms with E-state index in [0.29, 0.717) is 63.3 Å². The van der Waals surface area contributed by atoms with Crippen LogP contribution in [0.15, 0.2) is 54.7 Å². The highest BCUT2D eigenvalue weighted by Crippen LogP contribution is 2.46. The number of hydrogen-bond donors (Lipinski definition) is 3. The van der Waals surface area contributed by atoms with Crippen LogP contribution in [0.1, 0.15) is 96.6 Å². The van der Waals surface area contributed by atoms with E-state index < -0.39 is 46.9 Å². The fourth-order valence-electron chi connectivity index (χ4n) is 10.6. The molecule has 1 aliphatic carbocycles. The molecule has 14 nitrogen and oxygen atoms in total. The number of aromatic nitrogens is 2. The number of ether oxygens (including phenoxy) is 3. The molecule has 4 aliphatic rings. The Morgan fingerprint density at radius 3 is 2.58 bits per heavy atom. The maximum absolute atomic E-state index is 14.7. The van der Waals surface area contributed by atoms with Gasteiger partial charge in [-0.3, -0.25) is 29.2 Å². The number of likely N-dealkylation sites (N-methyl/N-ethyl adjacent to an activating group) is 1. The van der Waals surface area contributed by atoms with Gasteiger partial charge in [0.05, 0.1) is 30.7 Å². The van der Waals surface area contributed by atoms with Gasteiger partial charge in [-0.05, 0) is 123 Å². The number of nitrogens with zero attached hydrogens (tertiary/aromatic N) is 4. The maximum Gasteiger partial charge on any atom is 0.324 e. The van der Waals surface area contributed by atoms with Crippen LogP contribution in [-0.4, -0.2) is 106 Å². The van der Waals surface area contributed by atoms with E-state index in [2.05, 4.69) is 54.3 Å². The Balaban J connectivity index is 1.22. The van der Waals surface area contributed by atoms with E-state index >= 15 is 0 Å². The number of carbonyl (C=O) groups is 4. The van der Waals surface area contributed by atoms with Crippen LogP contribution in [0.25, 0.3) is 33.3 Å². The first kappa shape index (κ1) is 45.3. The number of rotatable bonds is 9. The van der Waals surface area contributed by atoms with E-state index in [1.54, 1.807) is 32.5 Å². The van der Waals surface area contributed by atoms with Crippen LogP contribution >= 0.6 is 0 Å². The van der Waals surface area contributed by atoms with Gasteiger partial charge in [0.1, 0.15) is 29.5 Å². The number of hydrogen-bond acceptors (Lipinski definition) is 10. The number of amides is 3. The number of nitrogens with one attached hydrogen (secondary N) is 2. The molecule has 4 aromatic rings. The number of cyclic esters (lactones) is 1. The van der Waals surface area contributed by atoms with Crippen LogP contribution in [0.2, 0.25) is 0 Å². The SMILES string of the molecule is CCn1c(-c2cccnc2[C@H](C)OC)c2c3cc(ccc31)-c1cc(O)cc(c1)C[C@H](NC(=O)[C@H](C(C)C)N(C)C(=O)C13CCC(CO1)C3)C(=O)N1CCC[C@H](N1)C(=O)OCC(C)(C)C2. The fourth-order valence-corrected chi connectivity index (χ4v) is 10.6. The number of phenolic OH excluding ortho intramolecular Hbond substituents is 1. The third-order valence-electron chi connectivity index (χ3n) is 13.9. The van der Waals surface area contributed by atoms with Crippen molar-refractivity contribution in [2.45, 2.75) is 123 Å². The molecule has 0 radical (unpaired) electrons. The van der Waals surface area contributed by atoms with Gasteiger partial charge in [-0.15, -0.1) is 0 Å². The molecule has 3 fully saturated rings. The van der Waals surface area contributed by atoms with Crippen LogP contribution < -0.4 is 10.7 Å². The second-order valence-corrected chi connectivity index (χ2v) is 19.6. The van der Waals surface area contributed by atoms with Crippen molar-refractivity contribution in [2.75, 3.05) is 33.9 Å². The maximum atomic E-state index is 14.7. The number of benzene rings is 2. The molecule has 2 aromatic carbocycles. The van der Waals surface area contributed by atoms with Gasteiger partial charge in [0.2, 0.25) is 5.91 Å². The highest BCUT2D eigenvalue weighted by molar-refractivity contribution is 5.96.